The monoisotopic (exact) mass is 278 g/mol. The van der Waals surface area contributed by atoms with Gasteiger partial charge in [-0.3, -0.25) is 4.98 Å². The standard InChI is InChI=1S/C13H11ClN2O3/c1-18-13(17)11-5-9(2-3-12(11)15)19-10-4-8(14)6-16-7-10/h2-7H,15H2,1H3. The Kier molecular flexibility index (Phi) is 3.87. The number of rotatable bonds is 3. The molecule has 98 valence electrons. The predicted octanol–water partition coefficient (Wildman–Crippen LogP) is 2.90. The Morgan fingerprint density at radius 3 is 2.74 bits per heavy atom. The van der Waals surface area contributed by atoms with Crippen molar-refractivity contribution in [1.29, 1.82) is 0 Å². The number of carbonyl (C=O) groups excluding carboxylic acids is 1. The van der Waals surface area contributed by atoms with Crippen LogP contribution in [0, 0.1) is 0 Å². The SMILES string of the molecule is COC(=O)c1cc(Oc2cncc(Cl)c2)ccc1N. The molecule has 0 aliphatic heterocycles. The molecule has 1 aromatic heterocycles. The highest BCUT2D eigenvalue weighted by molar-refractivity contribution is 6.30. The molecule has 1 heterocycles. The highest BCUT2D eigenvalue weighted by atomic mass is 35.5. The van der Waals surface area contributed by atoms with E-state index in [2.05, 4.69) is 9.72 Å². The van der Waals surface area contributed by atoms with Crippen LogP contribution in [0.25, 0.3) is 0 Å². The number of nitrogens with two attached hydrogens (primary N) is 1. The van der Waals surface area contributed by atoms with Gasteiger partial charge in [-0.1, -0.05) is 11.6 Å². The molecule has 0 atom stereocenters. The molecular weight excluding hydrogens is 268 g/mol. The summed E-state index contributed by atoms with van der Waals surface area (Å²) in [5.41, 5.74) is 6.26. The number of carbonyl (C=O) groups is 1. The molecule has 0 fully saturated rings. The zero-order valence-electron chi connectivity index (χ0n) is 10.1. The van der Waals surface area contributed by atoms with E-state index in [0.29, 0.717) is 22.2 Å². The summed E-state index contributed by atoms with van der Waals surface area (Å²) in [5.74, 6) is 0.388. The molecule has 0 aliphatic carbocycles. The largest absolute Gasteiger partial charge is 0.465 e. The maximum Gasteiger partial charge on any atom is 0.340 e. The van der Waals surface area contributed by atoms with Crippen LogP contribution in [0.4, 0.5) is 5.69 Å². The van der Waals surface area contributed by atoms with Gasteiger partial charge >= 0.3 is 5.97 Å². The maximum atomic E-state index is 11.5. The van der Waals surface area contributed by atoms with Crippen LogP contribution in [0.3, 0.4) is 0 Å². The molecule has 0 bridgehead atoms. The summed E-state index contributed by atoms with van der Waals surface area (Å²) in [6.45, 7) is 0. The number of esters is 1. The topological polar surface area (TPSA) is 74.4 Å². The first kappa shape index (κ1) is 13.2. The summed E-state index contributed by atoms with van der Waals surface area (Å²) in [6, 6.07) is 6.33. The van der Waals surface area contributed by atoms with Gasteiger partial charge < -0.3 is 15.2 Å². The minimum absolute atomic E-state index is 0.245. The number of methoxy groups -OCH3 is 1. The normalized spacial score (nSPS) is 10.0. The van der Waals surface area contributed by atoms with E-state index in [4.69, 9.17) is 22.1 Å². The summed E-state index contributed by atoms with van der Waals surface area (Å²) in [4.78, 5) is 15.4. The van der Waals surface area contributed by atoms with Gasteiger partial charge in [0.2, 0.25) is 0 Å². The molecule has 0 unspecified atom stereocenters. The van der Waals surface area contributed by atoms with Crippen molar-refractivity contribution in [2.45, 2.75) is 0 Å². The maximum absolute atomic E-state index is 11.5. The number of hydrogen-bond donors (Lipinski definition) is 1. The molecule has 0 saturated carbocycles. The van der Waals surface area contributed by atoms with Crippen LogP contribution in [0.5, 0.6) is 11.5 Å². The van der Waals surface area contributed by atoms with Crippen LogP contribution >= 0.6 is 11.6 Å². The zero-order chi connectivity index (χ0) is 13.8. The van der Waals surface area contributed by atoms with Crippen molar-refractivity contribution < 1.29 is 14.3 Å². The minimum Gasteiger partial charge on any atom is -0.465 e. The first-order valence-electron chi connectivity index (χ1n) is 5.36. The fourth-order valence-electron chi connectivity index (χ4n) is 1.47. The molecule has 0 amide bonds. The molecule has 1 aromatic carbocycles. The average Bonchev–Trinajstić information content (AvgIpc) is 2.40. The van der Waals surface area contributed by atoms with Gasteiger partial charge in [-0.25, -0.2) is 4.79 Å². The fourth-order valence-corrected chi connectivity index (χ4v) is 1.63. The number of ether oxygens (including phenoxy) is 2. The van der Waals surface area contributed by atoms with Gasteiger partial charge in [-0.2, -0.15) is 0 Å². The number of hydrogen-bond acceptors (Lipinski definition) is 5. The molecule has 5 nitrogen and oxygen atoms in total. The second-order valence-corrected chi connectivity index (χ2v) is 4.12. The molecule has 2 rings (SSSR count). The van der Waals surface area contributed by atoms with Crippen molar-refractivity contribution in [3.63, 3.8) is 0 Å². The lowest BCUT2D eigenvalue weighted by Gasteiger charge is -2.08. The number of anilines is 1. The molecule has 0 spiro atoms. The van der Waals surface area contributed by atoms with Crippen LogP contribution in [0.15, 0.2) is 36.7 Å². The van der Waals surface area contributed by atoms with Crippen LogP contribution in [0.2, 0.25) is 5.02 Å². The Hall–Kier alpha value is -2.27. The van der Waals surface area contributed by atoms with Gasteiger partial charge in [0.15, 0.2) is 0 Å². The van der Waals surface area contributed by atoms with Gasteiger partial charge in [0, 0.05) is 18.0 Å². The molecule has 0 saturated heterocycles. The molecule has 2 N–H and O–H groups in total. The van der Waals surface area contributed by atoms with Crippen LogP contribution < -0.4 is 10.5 Å². The summed E-state index contributed by atoms with van der Waals surface area (Å²) in [7, 11) is 1.29. The second kappa shape index (κ2) is 5.58. The Morgan fingerprint density at radius 2 is 2.05 bits per heavy atom. The highest BCUT2D eigenvalue weighted by Gasteiger charge is 2.11. The smallest absolute Gasteiger partial charge is 0.340 e. The summed E-state index contributed by atoms with van der Waals surface area (Å²) in [6.07, 6.45) is 3.01. The Labute approximate surface area is 114 Å². The van der Waals surface area contributed by atoms with E-state index in [0.717, 1.165) is 0 Å². The van der Waals surface area contributed by atoms with E-state index < -0.39 is 5.97 Å². The first-order valence-corrected chi connectivity index (χ1v) is 5.74. The van der Waals surface area contributed by atoms with Crippen LogP contribution in [-0.4, -0.2) is 18.1 Å². The average molecular weight is 279 g/mol. The zero-order valence-corrected chi connectivity index (χ0v) is 10.8. The number of pyridine rings is 1. The molecule has 6 heteroatoms. The van der Waals surface area contributed by atoms with Crippen molar-refractivity contribution in [3.05, 3.63) is 47.2 Å². The second-order valence-electron chi connectivity index (χ2n) is 3.68. The number of aromatic nitrogens is 1. The van der Waals surface area contributed by atoms with E-state index in [1.54, 1.807) is 18.2 Å². The number of nitrogen functional groups attached to an aromatic ring is 1. The van der Waals surface area contributed by atoms with Crippen LogP contribution in [-0.2, 0) is 4.74 Å². The Morgan fingerprint density at radius 1 is 1.26 bits per heavy atom. The van der Waals surface area contributed by atoms with Gasteiger partial charge in [0.05, 0.1) is 23.9 Å². The van der Waals surface area contributed by atoms with E-state index in [-0.39, 0.29) is 5.56 Å². The van der Waals surface area contributed by atoms with Crippen molar-refractivity contribution in [3.8, 4) is 11.5 Å². The number of nitrogens with zero attached hydrogens (tertiary/aromatic N) is 1. The summed E-state index contributed by atoms with van der Waals surface area (Å²) in [5, 5.41) is 0.459. The van der Waals surface area contributed by atoms with Gasteiger partial charge in [0.1, 0.15) is 11.5 Å². The summed E-state index contributed by atoms with van der Waals surface area (Å²) >= 11 is 5.80. The molecule has 2 aromatic rings. The van der Waals surface area contributed by atoms with Crippen molar-refractivity contribution in [1.82, 2.24) is 4.98 Å². The lowest BCUT2D eigenvalue weighted by molar-refractivity contribution is 0.0601. The lowest BCUT2D eigenvalue weighted by atomic mass is 10.2. The summed E-state index contributed by atoms with van der Waals surface area (Å²) < 4.78 is 10.2. The molecule has 19 heavy (non-hydrogen) atoms. The van der Waals surface area contributed by atoms with Crippen molar-refractivity contribution in [2.75, 3.05) is 12.8 Å². The third-order valence-electron chi connectivity index (χ3n) is 2.35. The van der Waals surface area contributed by atoms with Crippen molar-refractivity contribution >= 4 is 23.3 Å². The highest BCUT2D eigenvalue weighted by Crippen LogP contribution is 2.26. The lowest BCUT2D eigenvalue weighted by Crippen LogP contribution is -2.05. The Balaban J connectivity index is 2.29. The van der Waals surface area contributed by atoms with E-state index >= 15 is 0 Å². The fraction of sp³-hybridized carbons (Fsp3) is 0.0769. The number of benzene rings is 1. The quantitative estimate of drug-likeness (QED) is 0.690. The third kappa shape index (κ3) is 3.14. The minimum atomic E-state index is -0.521. The predicted molar refractivity (Wildman–Crippen MR) is 71.5 cm³/mol. The Bertz CT molecular complexity index is 617. The van der Waals surface area contributed by atoms with E-state index in [1.807, 2.05) is 0 Å². The molecular formula is C13H11ClN2O3. The first-order chi connectivity index (χ1) is 9.10. The third-order valence-corrected chi connectivity index (χ3v) is 2.55. The van der Waals surface area contributed by atoms with Gasteiger partial charge in [-0.15, -0.1) is 0 Å². The molecule has 0 aliphatic rings. The molecule has 0 radical (unpaired) electrons. The van der Waals surface area contributed by atoms with E-state index in [9.17, 15) is 4.79 Å². The van der Waals surface area contributed by atoms with Gasteiger partial charge in [0.25, 0.3) is 0 Å². The van der Waals surface area contributed by atoms with Crippen LogP contribution in [0.1, 0.15) is 10.4 Å². The van der Waals surface area contributed by atoms with Crippen molar-refractivity contribution in [2.24, 2.45) is 0 Å². The number of halogens is 1. The van der Waals surface area contributed by atoms with E-state index in [1.165, 1.54) is 25.6 Å². The van der Waals surface area contributed by atoms with Gasteiger partial charge in [-0.05, 0) is 18.2 Å².